The first-order valence-electron chi connectivity index (χ1n) is 14.9. The second-order valence-electron chi connectivity index (χ2n) is 11.9. The van der Waals surface area contributed by atoms with Crippen LogP contribution in [0.15, 0.2) is 94.6 Å². The Hall–Kier alpha value is -3.99. The fourth-order valence-electron chi connectivity index (χ4n) is 6.22. The van der Waals surface area contributed by atoms with Gasteiger partial charge in [-0.2, -0.15) is 4.58 Å². The number of fused-ring (bicyclic) bond motifs is 3. The van der Waals surface area contributed by atoms with Crippen LogP contribution >= 0.6 is 7.82 Å². The standard InChI is InChI=1S/C34H34NO9PS/c1-4-35-30-16-15-28(46(39,40)41)20-29(30)34(2,3)32(35)17-11-23-6-5-7-25-18-24-10-14-27(19-31(24)43-33(23)25)42-21-22-8-12-26(13-9-22)44-45(36,37)38/h8-20H,4-7,21H2,1-3H3,(H2-,36,37,38,39,40,41)/b17-11+. The molecule has 3 aromatic carbocycles. The van der Waals surface area contributed by atoms with Gasteiger partial charge in [0.1, 0.15) is 46.3 Å². The van der Waals surface area contributed by atoms with E-state index >= 15 is 0 Å². The number of phosphoric ester groups is 1. The van der Waals surface area contributed by atoms with E-state index in [0.29, 0.717) is 18.0 Å². The van der Waals surface area contributed by atoms with Crippen LogP contribution in [0, 0.1) is 0 Å². The van der Waals surface area contributed by atoms with Gasteiger partial charge in [-0.15, -0.1) is 0 Å². The Morgan fingerprint density at radius 1 is 1.02 bits per heavy atom. The van der Waals surface area contributed by atoms with Crippen LogP contribution in [0.25, 0.3) is 6.08 Å². The van der Waals surface area contributed by atoms with E-state index in [1.54, 1.807) is 18.2 Å². The van der Waals surface area contributed by atoms with Gasteiger partial charge in [0.25, 0.3) is 0 Å². The van der Waals surface area contributed by atoms with Gasteiger partial charge in [-0.05, 0) is 105 Å². The van der Waals surface area contributed by atoms with Crippen molar-refractivity contribution in [3.05, 3.63) is 106 Å². The minimum Gasteiger partial charge on any atom is -0.744 e. The van der Waals surface area contributed by atoms with E-state index < -0.39 is 23.4 Å². The zero-order chi connectivity index (χ0) is 32.9. The zero-order valence-corrected chi connectivity index (χ0v) is 27.3. The van der Waals surface area contributed by atoms with Crippen LogP contribution in [0.5, 0.6) is 17.2 Å². The third kappa shape index (κ3) is 6.47. The van der Waals surface area contributed by atoms with Crippen LogP contribution in [0.3, 0.4) is 0 Å². The summed E-state index contributed by atoms with van der Waals surface area (Å²) in [7, 11) is -9.20. The van der Waals surface area contributed by atoms with Gasteiger partial charge >= 0.3 is 7.82 Å². The molecule has 0 unspecified atom stereocenters. The quantitative estimate of drug-likeness (QED) is 0.149. The largest absolute Gasteiger partial charge is 0.744 e. The maximum Gasteiger partial charge on any atom is 0.524 e. The fourth-order valence-corrected chi connectivity index (χ4v) is 7.11. The molecule has 0 saturated heterocycles. The molecule has 0 saturated carbocycles. The molecule has 0 radical (unpaired) electrons. The number of benzene rings is 3. The zero-order valence-electron chi connectivity index (χ0n) is 25.6. The lowest BCUT2D eigenvalue weighted by atomic mass is 9.81. The van der Waals surface area contributed by atoms with E-state index in [1.165, 1.54) is 24.3 Å². The maximum absolute atomic E-state index is 11.8. The number of phosphoric acid groups is 1. The molecule has 2 N–H and O–H groups in total. The molecule has 0 spiro atoms. The Kier molecular flexibility index (Phi) is 8.33. The highest BCUT2D eigenvalue weighted by Gasteiger charge is 2.44. The summed E-state index contributed by atoms with van der Waals surface area (Å²) in [6.07, 6.45) is 9.03. The Morgan fingerprint density at radius 2 is 1.76 bits per heavy atom. The molecule has 46 heavy (non-hydrogen) atoms. The number of allylic oxidation sites excluding steroid dienone is 4. The molecule has 240 valence electrons. The summed E-state index contributed by atoms with van der Waals surface area (Å²) in [6, 6.07) is 16.6. The average Bonchev–Trinajstić information content (AvgIpc) is 3.22. The summed E-state index contributed by atoms with van der Waals surface area (Å²) in [5.41, 5.74) is 6.10. The molecule has 6 rings (SSSR count). The van der Waals surface area contributed by atoms with Crippen molar-refractivity contribution >= 4 is 35.4 Å². The molecule has 0 fully saturated rings. The van der Waals surface area contributed by atoms with Crippen LogP contribution in [-0.4, -0.2) is 39.6 Å². The third-order valence-electron chi connectivity index (χ3n) is 8.47. The SMILES string of the molecule is CC[N+]1=C(/C=C/C2=C3Oc4cc(OCc5ccc(OP(=O)(O)O)cc5)ccc4C=C3CCC2)C(C)(C)c2cc(S(=O)(=O)[O-])ccc21. The summed E-state index contributed by atoms with van der Waals surface area (Å²) in [6.45, 7) is 7.02. The number of hydrogen-bond donors (Lipinski definition) is 2. The molecular formula is C34H34NO9PS. The molecule has 1 aliphatic carbocycles. The summed E-state index contributed by atoms with van der Waals surface area (Å²) in [5.74, 6) is 2.18. The van der Waals surface area contributed by atoms with Gasteiger partial charge in [0, 0.05) is 29.3 Å². The molecule has 2 heterocycles. The lowest BCUT2D eigenvalue weighted by Crippen LogP contribution is -2.27. The predicted molar refractivity (Wildman–Crippen MR) is 171 cm³/mol. The Balaban J connectivity index is 1.23. The molecule has 3 aliphatic rings. The van der Waals surface area contributed by atoms with E-state index in [4.69, 9.17) is 19.3 Å². The van der Waals surface area contributed by atoms with Crippen LogP contribution in [0.1, 0.15) is 56.7 Å². The number of ether oxygens (including phenoxy) is 2. The molecule has 0 aromatic heterocycles. The summed E-state index contributed by atoms with van der Waals surface area (Å²) in [4.78, 5) is 17.7. The molecule has 10 nitrogen and oxygen atoms in total. The fraction of sp³-hybridized carbons (Fsp3) is 0.265. The van der Waals surface area contributed by atoms with Crippen LogP contribution in [0.4, 0.5) is 5.69 Å². The lowest BCUT2D eigenvalue weighted by molar-refractivity contribution is -0.433. The van der Waals surface area contributed by atoms with Gasteiger partial charge < -0.3 is 18.6 Å². The van der Waals surface area contributed by atoms with Gasteiger partial charge in [0.15, 0.2) is 5.71 Å². The topological polar surface area (TPSA) is 145 Å². The number of hydrogen-bond acceptors (Lipinski definition) is 7. The molecular weight excluding hydrogens is 629 g/mol. The van der Waals surface area contributed by atoms with Crippen molar-refractivity contribution in [2.45, 2.75) is 57.0 Å². The predicted octanol–water partition coefficient (Wildman–Crippen LogP) is 6.51. The third-order valence-corrected chi connectivity index (χ3v) is 9.75. The second-order valence-corrected chi connectivity index (χ2v) is 14.5. The highest BCUT2D eigenvalue weighted by molar-refractivity contribution is 7.85. The normalized spacial score (nSPS) is 17.3. The van der Waals surface area contributed by atoms with Gasteiger partial charge in [-0.3, -0.25) is 9.79 Å². The van der Waals surface area contributed by atoms with Crippen molar-refractivity contribution in [3.63, 3.8) is 0 Å². The Labute approximate surface area is 268 Å². The summed E-state index contributed by atoms with van der Waals surface area (Å²) >= 11 is 0. The van der Waals surface area contributed by atoms with Crippen molar-refractivity contribution in [1.29, 1.82) is 0 Å². The molecule has 2 aliphatic heterocycles. The first-order chi connectivity index (χ1) is 21.7. The first-order valence-corrected chi connectivity index (χ1v) is 17.8. The maximum atomic E-state index is 11.8. The van der Waals surface area contributed by atoms with Crippen molar-refractivity contribution in [2.24, 2.45) is 0 Å². The van der Waals surface area contributed by atoms with Crippen LogP contribution < -0.4 is 14.0 Å². The van der Waals surface area contributed by atoms with Crippen molar-refractivity contribution < 1.29 is 45.9 Å². The minimum absolute atomic E-state index is 0.0677. The molecule has 0 atom stereocenters. The average molecular weight is 664 g/mol. The van der Waals surface area contributed by atoms with Crippen LogP contribution in [-0.2, 0) is 26.7 Å². The molecule has 12 heteroatoms. The van der Waals surface area contributed by atoms with Crippen molar-refractivity contribution in [2.75, 3.05) is 6.54 Å². The Morgan fingerprint density at radius 3 is 2.46 bits per heavy atom. The lowest BCUT2D eigenvalue weighted by Gasteiger charge is -2.27. The first kappa shape index (κ1) is 32.0. The summed E-state index contributed by atoms with van der Waals surface area (Å²) in [5, 5.41) is 0. The van der Waals surface area contributed by atoms with Crippen molar-refractivity contribution in [1.82, 2.24) is 0 Å². The highest BCUT2D eigenvalue weighted by Crippen LogP contribution is 2.43. The monoisotopic (exact) mass is 663 g/mol. The van der Waals surface area contributed by atoms with Gasteiger partial charge in [0.05, 0.1) is 10.3 Å². The molecule has 0 bridgehead atoms. The van der Waals surface area contributed by atoms with E-state index in [1.807, 2.05) is 39.0 Å². The van der Waals surface area contributed by atoms with E-state index in [9.17, 15) is 17.5 Å². The minimum atomic E-state index is -4.62. The van der Waals surface area contributed by atoms with E-state index in [2.05, 4.69) is 27.3 Å². The second kappa shape index (κ2) is 12.0. The van der Waals surface area contributed by atoms with E-state index in [0.717, 1.165) is 64.3 Å². The number of rotatable bonds is 9. The number of nitrogens with zero attached hydrogens (tertiary/aromatic N) is 1. The van der Waals surface area contributed by atoms with Crippen LogP contribution in [0.2, 0.25) is 0 Å². The molecule has 3 aromatic rings. The van der Waals surface area contributed by atoms with Crippen molar-refractivity contribution in [3.8, 4) is 17.2 Å². The van der Waals surface area contributed by atoms with Gasteiger partial charge in [-0.1, -0.05) is 12.1 Å². The smallest absolute Gasteiger partial charge is 0.524 e. The van der Waals surface area contributed by atoms with Gasteiger partial charge in [-0.25, -0.2) is 13.0 Å². The summed E-state index contributed by atoms with van der Waals surface area (Å²) < 4.78 is 65.5. The van der Waals surface area contributed by atoms with E-state index in [-0.39, 0.29) is 17.3 Å². The molecule has 0 amide bonds. The Bertz CT molecular complexity index is 2000. The highest BCUT2D eigenvalue weighted by atomic mass is 32.2. The van der Waals surface area contributed by atoms with Gasteiger partial charge in [0.2, 0.25) is 5.69 Å².